The van der Waals surface area contributed by atoms with Crippen LogP contribution in [0.1, 0.15) is 19.8 Å². The fourth-order valence-electron chi connectivity index (χ4n) is 1.73. The molecule has 3 nitrogen and oxygen atoms in total. The zero-order valence-electron chi connectivity index (χ0n) is 9.03. The van der Waals surface area contributed by atoms with Crippen LogP contribution >= 0.6 is 11.8 Å². The average Bonchev–Trinajstić information content (AvgIpc) is 2.17. The molecule has 1 saturated heterocycles. The van der Waals surface area contributed by atoms with Gasteiger partial charge in [-0.05, 0) is 18.6 Å². The minimum atomic E-state index is -0.376. The molecule has 1 rings (SSSR count). The van der Waals surface area contributed by atoms with E-state index in [4.69, 9.17) is 4.74 Å². The first kappa shape index (κ1) is 12.3. The number of thioether (sulfide) groups is 1. The maximum atomic E-state index is 9.47. The van der Waals surface area contributed by atoms with Crippen LogP contribution in [0.15, 0.2) is 0 Å². The highest BCUT2D eigenvalue weighted by molar-refractivity contribution is 7.99. The number of rotatable bonds is 5. The van der Waals surface area contributed by atoms with Gasteiger partial charge in [0.25, 0.3) is 0 Å². The van der Waals surface area contributed by atoms with Crippen LogP contribution in [0.5, 0.6) is 0 Å². The molecular weight excluding hydrogens is 198 g/mol. The molecule has 0 bridgehead atoms. The Hall–Kier alpha value is 0.230. The lowest BCUT2D eigenvalue weighted by Gasteiger charge is -2.29. The van der Waals surface area contributed by atoms with Gasteiger partial charge in [0.05, 0.1) is 12.7 Å². The summed E-state index contributed by atoms with van der Waals surface area (Å²) in [5.41, 5.74) is 0. The van der Waals surface area contributed by atoms with Gasteiger partial charge in [-0.3, -0.25) is 0 Å². The monoisotopic (exact) mass is 219 g/mol. The summed E-state index contributed by atoms with van der Waals surface area (Å²) in [6.45, 7) is 3.31. The topological polar surface area (TPSA) is 41.5 Å². The summed E-state index contributed by atoms with van der Waals surface area (Å²) in [6.07, 6.45) is 2.14. The van der Waals surface area contributed by atoms with Crippen LogP contribution in [-0.4, -0.2) is 48.5 Å². The molecule has 1 aliphatic rings. The van der Waals surface area contributed by atoms with Gasteiger partial charge in [0.1, 0.15) is 0 Å². The van der Waals surface area contributed by atoms with E-state index in [1.165, 1.54) is 18.6 Å². The van der Waals surface area contributed by atoms with E-state index in [1.54, 1.807) is 7.11 Å². The highest BCUT2D eigenvalue weighted by Gasteiger charge is 2.21. The smallest absolute Gasteiger partial charge is 0.0897 e. The number of hydrogen-bond acceptors (Lipinski definition) is 4. The van der Waals surface area contributed by atoms with E-state index in [0.717, 1.165) is 0 Å². The third kappa shape index (κ3) is 4.17. The third-order valence-electron chi connectivity index (χ3n) is 2.58. The first-order valence-corrected chi connectivity index (χ1v) is 6.31. The molecule has 0 saturated carbocycles. The average molecular weight is 219 g/mol. The zero-order chi connectivity index (χ0) is 10.4. The largest absolute Gasteiger partial charge is 0.389 e. The van der Waals surface area contributed by atoms with Crippen LogP contribution in [0.3, 0.4) is 0 Å². The van der Waals surface area contributed by atoms with E-state index >= 15 is 0 Å². The molecule has 0 spiro atoms. The first-order chi connectivity index (χ1) is 6.74. The lowest BCUT2D eigenvalue weighted by molar-refractivity contribution is 0.0624. The fourth-order valence-corrected chi connectivity index (χ4v) is 2.90. The molecule has 1 aliphatic heterocycles. The number of hydrogen-bond donors (Lipinski definition) is 2. The van der Waals surface area contributed by atoms with Crippen molar-refractivity contribution >= 4 is 11.8 Å². The molecule has 0 aliphatic carbocycles. The minimum absolute atomic E-state index is 0.376. The summed E-state index contributed by atoms with van der Waals surface area (Å²) in [5.74, 6) is 1.28. The standard InChI is InChI=1S/C10H21NO2S/c1-8-10(4-3-5-14-8)11-6-9(12)7-13-2/h8-12H,3-7H2,1-2H3. The number of nitrogens with one attached hydrogen (secondary N) is 1. The van der Waals surface area contributed by atoms with Gasteiger partial charge in [-0.25, -0.2) is 0 Å². The van der Waals surface area contributed by atoms with E-state index in [2.05, 4.69) is 12.2 Å². The molecule has 14 heavy (non-hydrogen) atoms. The van der Waals surface area contributed by atoms with Crippen LogP contribution in [0.2, 0.25) is 0 Å². The Labute approximate surface area is 90.6 Å². The normalized spacial score (nSPS) is 30.2. The summed E-state index contributed by atoms with van der Waals surface area (Å²) in [6, 6.07) is 0.556. The summed E-state index contributed by atoms with van der Waals surface area (Å²) in [4.78, 5) is 0. The van der Waals surface area contributed by atoms with Gasteiger partial charge >= 0.3 is 0 Å². The van der Waals surface area contributed by atoms with Gasteiger partial charge in [-0.1, -0.05) is 6.92 Å². The summed E-state index contributed by atoms with van der Waals surface area (Å²) >= 11 is 2.02. The Morgan fingerprint density at radius 3 is 3.07 bits per heavy atom. The second kappa shape index (κ2) is 6.67. The predicted octanol–water partition coefficient (Wildman–Crippen LogP) is 0.867. The van der Waals surface area contributed by atoms with Crippen molar-refractivity contribution in [3.05, 3.63) is 0 Å². The van der Waals surface area contributed by atoms with Crippen molar-refractivity contribution in [2.24, 2.45) is 0 Å². The Bertz CT molecular complexity index is 157. The van der Waals surface area contributed by atoms with E-state index in [0.29, 0.717) is 24.4 Å². The Balaban J connectivity index is 2.15. The molecule has 1 heterocycles. The number of ether oxygens (including phenoxy) is 1. The maximum absolute atomic E-state index is 9.47. The molecule has 4 heteroatoms. The van der Waals surface area contributed by atoms with Gasteiger partial charge in [0, 0.05) is 24.9 Å². The SMILES string of the molecule is COCC(O)CNC1CCCSC1C. The molecule has 0 aromatic heterocycles. The molecule has 0 aromatic carbocycles. The minimum Gasteiger partial charge on any atom is -0.389 e. The second-order valence-corrected chi connectivity index (χ2v) is 5.33. The zero-order valence-corrected chi connectivity index (χ0v) is 9.85. The van der Waals surface area contributed by atoms with Gasteiger partial charge in [-0.2, -0.15) is 11.8 Å². The molecule has 2 N–H and O–H groups in total. The number of methoxy groups -OCH3 is 1. The van der Waals surface area contributed by atoms with Gasteiger partial charge in [0.2, 0.25) is 0 Å². The van der Waals surface area contributed by atoms with E-state index < -0.39 is 0 Å². The van der Waals surface area contributed by atoms with Gasteiger partial charge in [0.15, 0.2) is 0 Å². The summed E-state index contributed by atoms with van der Waals surface area (Å²) in [7, 11) is 1.61. The molecule has 0 radical (unpaired) electrons. The van der Waals surface area contributed by atoms with Crippen LogP contribution < -0.4 is 5.32 Å². The number of aliphatic hydroxyl groups is 1. The van der Waals surface area contributed by atoms with E-state index in [-0.39, 0.29) is 6.10 Å². The molecule has 84 valence electrons. The third-order valence-corrected chi connectivity index (χ3v) is 3.96. The second-order valence-electron chi connectivity index (χ2n) is 3.84. The molecule has 0 amide bonds. The van der Waals surface area contributed by atoms with Crippen LogP contribution in [-0.2, 0) is 4.74 Å². The lowest BCUT2D eigenvalue weighted by atomic mass is 10.1. The summed E-state index contributed by atoms with van der Waals surface area (Å²) < 4.78 is 4.88. The van der Waals surface area contributed by atoms with Crippen molar-refractivity contribution in [2.75, 3.05) is 26.0 Å². The quantitative estimate of drug-likeness (QED) is 0.720. The van der Waals surface area contributed by atoms with E-state index in [9.17, 15) is 5.11 Å². The van der Waals surface area contributed by atoms with Crippen molar-refractivity contribution < 1.29 is 9.84 Å². The number of aliphatic hydroxyl groups excluding tert-OH is 1. The molecule has 3 atom stereocenters. The fraction of sp³-hybridized carbons (Fsp3) is 1.00. The molecule has 0 aromatic rings. The Morgan fingerprint density at radius 2 is 2.43 bits per heavy atom. The van der Waals surface area contributed by atoms with Crippen LogP contribution in [0.25, 0.3) is 0 Å². The highest BCUT2D eigenvalue weighted by atomic mass is 32.2. The first-order valence-electron chi connectivity index (χ1n) is 5.26. The molecule has 1 fully saturated rings. The lowest BCUT2D eigenvalue weighted by Crippen LogP contribution is -2.43. The Morgan fingerprint density at radius 1 is 1.64 bits per heavy atom. The molecular formula is C10H21NO2S. The maximum Gasteiger partial charge on any atom is 0.0897 e. The van der Waals surface area contributed by atoms with Crippen molar-refractivity contribution in [3.63, 3.8) is 0 Å². The van der Waals surface area contributed by atoms with Gasteiger partial charge < -0.3 is 15.2 Å². The molecule has 3 unspecified atom stereocenters. The van der Waals surface area contributed by atoms with Crippen molar-refractivity contribution in [2.45, 2.75) is 37.2 Å². The van der Waals surface area contributed by atoms with Crippen molar-refractivity contribution in [1.29, 1.82) is 0 Å². The predicted molar refractivity (Wildman–Crippen MR) is 60.8 cm³/mol. The summed E-state index contributed by atoms with van der Waals surface area (Å²) in [5, 5.41) is 13.5. The van der Waals surface area contributed by atoms with Crippen LogP contribution in [0.4, 0.5) is 0 Å². The van der Waals surface area contributed by atoms with E-state index in [1.807, 2.05) is 11.8 Å². The Kier molecular flexibility index (Phi) is 5.86. The van der Waals surface area contributed by atoms with Crippen molar-refractivity contribution in [3.8, 4) is 0 Å². The highest BCUT2D eigenvalue weighted by Crippen LogP contribution is 2.24. The van der Waals surface area contributed by atoms with Crippen LogP contribution in [0, 0.1) is 0 Å². The van der Waals surface area contributed by atoms with Crippen molar-refractivity contribution in [1.82, 2.24) is 5.32 Å². The van der Waals surface area contributed by atoms with Gasteiger partial charge in [-0.15, -0.1) is 0 Å².